The van der Waals surface area contributed by atoms with E-state index in [1.807, 2.05) is 22.9 Å². The van der Waals surface area contributed by atoms with Crippen LogP contribution in [-0.4, -0.2) is 39.5 Å². The van der Waals surface area contributed by atoms with E-state index in [2.05, 4.69) is 4.98 Å². The van der Waals surface area contributed by atoms with Crippen molar-refractivity contribution in [1.29, 1.82) is 0 Å². The number of carbonyl (C=O) groups excluding carboxylic acids is 1. The molecule has 1 aliphatic carbocycles. The van der Waals surface area contributed by atoms with E-state index in [9.17, 15) is 13.6 Å². The quantitative estimate of drug-likeness (QED) is 0.519. The summed E-state index contributed by atoms with van der Waals surface area (Å²) in [5.74, 6) is 0.651. The Balaban J connectivity index is 1.45. The highest BCUT2D eigenvalue weighted by Crippen LogP contribution is 2.32. The van der Waals surface area contributed by atoms with Crippen molar-refractivity contribution in [2.45, 2.75) is 50.6 Å². The van der Waals surface area contributed by atoms with Crippen LogP contribution in [-0.2, 0) is 11.2 Å². The lowest BCUT2D eigenvalue weighted by Crippen LogP contribution is -2.14. The summed E-state index contributed by atoms with van der Waals surface area (Å²) in [5, 5.41) is 0. The molecule has 0 N–H and O–H groups in total. The number of pyridine rings is 2. The molecule has 0 atom stereocenters. The fraction of sp³-hybridized carbons (Fsp3) is 0.435. The summed E-state index contributed by atoms with van der Waals surface area (Å²) in [6.07, 6.45) is 5.15. The minimum Gasteiger partial charge on any atom is -0.490 e. The highest BCUT2D eigenvalue weighted by atomic mass is 19.3. The first-order chi connectivity index (χ1) is 15.1. The predicted molar refractivity (Wildman–Crippen MR) is 109 cm³/mol. The van der Waals surface area contributed by atoms with Crippen LogP contribution in [0.2, 0.25) is 0 Å². The molecule has 0 unspecified atom stereocenters. The Labute approximate surface area is 178 Å². The van der Waals surface area contributed by atoms with Crippen molar-refractivity contribution < 1.29 is 23.0 Å². The smallest absolute Gasteiger partial charge is 0.280 e. The Kier molecular flexibility index (Phi) is 5.40. The fourth-order valence-corrected chi connectivity index (χ4v) is 3.87. The largest absolute Gasteiger partial charge is 0.490 e. The van der Waals surface area contributed by atoms with Crippen molar-refractivity contribution in [1.82, 2.24) is 14.4 Å². The minimum atomic E-state index is -2.72. The maximum absolute atomic E-state index is 13.0. The van der Waals surface area contributed by atoms with Crippen LogP contribution < -0.4 is 4.74 Å². The molecule has 3 aromatic heterocycles. The number of fused-ring (bicyclic) bond motifs is 1. The van der Waals surface area contributed by atoms with E-state index in [-0.39, 0.29) is 24.0 Å². The molecule has 8 heteroatoms. The zero-order valence-corrected chi connectivity index (χ0v) is 17.0. The molecule has 162 valence electrons. The zero-order chi connectivity index (χ0) is 21.4. The first kappa shape index (κ1) is 20.1. The van der Waals surface area contributed by atoms with Gasteiger partial charge >= 0.3 is 0 Å². The summed E-state index contributed by atoms with van der Waals surface area (Å²) in [6.45, 7) is 1.47. The third-order valence-electron chi connectivity index (χ3n) is 5.74. The molecule has 2 aliphatic rings. The summed E-state index contributed by atoms with van der Waals surface area (Å²) in [7, 11) is 0. The standard InChI is InChI=1S/C23H23F2N3O3/c24-23(25)18-3-1-2-17(26-18)20(29)10-15-12-28-13-19(14-6-8-30-9-7-14)27-22(28)11-21(15)31-16-4-5-16/h1-3,11-14,16,23H,4-10H2. The van der Waals surface area contributed by atoms with Crippen LogP contribution in [0.5, 0.6) is 5.75 Å². The van der Waals surface area contributed by atoms with Gasteiger partial charge in [0, 0.05) is 49.6 Å². The molecule has 0 spiro atoms. The zero-order valence-electron chi connectivity index (χ0n) is 17.0. The van der Waals surface area contributed by atoms with Gasteiger partial charge in [0.05, 0.1) is 11.8 Å². The maximum atomic E-state index is 13.0. The van der Waals surface area contributed by atoms with Gasteiger partial charge in [-0.15, -0.1) is 0 Å². The van der Waals surface area contributed by atoms with Crippen molar-refractivity contribution in [3.05, 3.63) is 59.3 Å². The molecule has 1 saturated carbocycles. The average molecular weight is 427 g/mol. The number of ether oxygens (including phenoxy) is 2. The molecule has 3 aromatic rings. The summed E-state index contributed by atoms with van der Waals surface area (Å²) < 4.78 is 39.4. The van der Waals surface area contributed by atoms with Gasteiger partial charge in [0.15, 0.2) is 5.78 Å². The van der Waals surface area contributed by atoms with E-state index in [0.29, 0.717) is 17.2 Å². The van der Waals surface area contributed by atoms with Crippen molar-refractivity contribution in [3.8, 4) is 5.75 Å². The number of alkyl halides is 2. The van der Waals surface area contributed by atoms with Gasteiger partial charge in [-0.3, -0.25) is 4.79 Å². The number of ketones is 1. The van der Waals surface area contributed by atoms with Crippen molar-refractivity contribution in [2.75, 3.05) is 13.2 Å². The molecule has 31 heavy (non-hydrogen) atoms. The third kappa shape index (κ3) is 4.44. The Hall–Kier alpha value is -2.87. The van der Waals surface area contributed by atoms with Crippen LogP contribution >= 0.6 is 0 Å². The highest BCUT2D eigenvalue weighted by Gasteiger charge is 2.26. The number of rotatable bonds is 7. The maximum Gasteiger partial charge on any atom is 0.280 e. The molecule has 2 fully saturated rings. The van der Waals surface area contributed by atoms with E-state index in [4.69, 9.17) is 14.5 Å². The van der Waals surface area contributed by atoms with Gasteiger partial charge in [-0.1, -0.05) is 6.07 Å². The van der Waals surface area contributed by atoms with Gasteiger partial charge in [0.2, 0.25) is 0 Å². The number of hydrogen-bond acceptors (Lipinski definition) is 5. The molecule has 0 aromatic carbocycles. The number of halogens is 2. The van der Waals surface area contributed by atoms with E-state index in [1.165, 1.54) is 18.2 Å². The second kappa shape index (κ2) is 8.34. The highest BCUT2D eigenvalue weighted by molar-refractivity contribution is 5.96. The SMILES string of the molecule is O=C(Cc1cn2cc(C3CCOCC3)nc2cc1OC1CC1)c1cccc(C(F)F)n1. The van der Waals surface area contributed by atoms with Crippen molar-refractivity contribution >= 4 is 11.4 Å². The van der Waals surface area contributed by atoms with Crippen LogP contribution in [0.3, 0.4) is 0 Å². The van der Waals surface area contributed by atoms with Crippen LogP contribution in [0.25, 0.3) is 5.65 Å². The molecule has 0 bridgehead atoms. The number of carbonyl (C=O) groups is 1. The molecule has 4 heterocycles. The minimum absolute atomic E-state index is 0.0163. The molecule has 0 radical (unpaired) electrons. The van der Waals surface area contributed by atoms with E-state index < -0.39 is 12.1 Å². The fourth-order valence-electron chi connectivity index (χ4n) is 3.87. The summed E-state index contributed by atoms with van der Waals surface area (Å²) >= 11 is 0. The Morgan fingerprint density at radius 2 is 1.97 bits per heavy atom. The van der Waals surface area contributed by atoms with Gasteiger partial charge in [0.1, 0.15) is 22.8 Å². The second-order valence-electron chi connectivity index (χ2n) is 8.15. The summed E-state index contributed by atoms with van der Waals surface area (Å²) in [6, 6.07) is 5.99. The van der Waals surface area contributed by atoms with Gasteiger partial charge in [-0.25, -0.2) is 18.7 Å². The topological polar surface area (TPSA) is 65.7 Å². The van der Waals surface area contributed by atoms with Crippen LogP contribution in [0.4, 0.5) is 8.78 Å². The van der Waals surface area contributed by atoms with E-state index >= 15 is 0 Å². The van der Waals surface area contributed by atoms with Crippen molar-refractivity contribution in [3.63, 3.8) is 0 Å². The van der Waals surface area contributed by atoms with Gasteiger partial charge in [-0.2, -0.15) is 0 Å². The van der Waals surface area contributed by atoms with Crippen molar-refractivity contribution in [2.24, 2.45) is 0 Å². The Morgan fingerprint density at radius 3 is 2.71 bits per heavy atom. The first-order valence-corrected chi connectivity index (χ1v) is 10.6. The summed E-state index contributed by atoms with van der Waals surface area (Å²) in [5.41, 5.74) is 2.11. The number of nitrogens with zero attached hydrogens (tertiary/aromatic N) is 3. The molecule has 0 amide bonds. The van der Waals surface area contributed by atoms with E-state index in [1.54, 1.807) is 0 Å². The number of Topliss-reactive ketones (excluding diaryl/α,β-unsaturated/α-hetero) is 1. The molecule has 1 aliphatic heterocycles. The molecular weight excluding hydrogens is 404 g/mol. The molecular formula is C23H23F2N3O3. The molecule has 6 nitrogen and oxygen atoms in total. The molecule has 5 rings (SSSR count). The number of aromatic nitrogens is 3. The number of imidazole rings is 1. The van der Waals surface area contributed by atoms with Gasteiger partial charge in [0.25, 0.3) is 6.43 Å². The second-order valence-corrected chi connectivity index (χ2v) is 8.15. The van der Waals surface area contributed by atoms with Gasteiger partial charge < -0.3 is 13.9 Å². The molecule has 1 saturated heterocycles. The first-order valence-electron chi connectivity index (χ1n) is 10.6. The van der Waals surface area contributed by atoms with Gasteiger partial charge in [-0.05, 0) is 37.8 Å². The summed E-state index contributed by atoms with van der Waals surface area (Å²) in [4.78, 5) is 21.4. The lowest BCUT2D eigenvalue weighted by atomic mass is 9.97. The number of hydrogen-bond donors (Lipinski definition) is 0. The Bertz CT molecular complexity index is 1100. The third-order valence-corrected chi connectivity index (χ3v) is 5.74. The Morgan fingerprint density at radius 1 is 1.16 bits per heavy atom. The van der Waals surface area contributed by atoms with Crippen LogP contribution in [0.15, 0.2) is 36.7 Å². The van der Waals surface area contributed by atoms with E-state index in [0.717, 1.165) is 50.2 Å². The van der Waals surface area contributed by atoms with Crippen LogP contribution in [0, 0.1) is 0 Å². The monoisotopic (exact) mass is 427 g/mol. The average Bonchev–Trinajstić information content (AvgIpc) is 3.51. The lowest BCUT2D eigenvalue weighted by molar-refractivity contribution is 0.0846. The predicted octanol–water partition coefficient (Wildman–Crippen LogP) is 4.53. The lowest BCUT2D eigenvalue weighted by Gasteiger charge is -2.19. The normalized spacial score (nSPS) is 17.4. The van der Waals surface area contributed by atoms with Crippen LogP contribution in [0.1, 0.15) is 65.5 Å².